The van der Waals surface area contributed by atoms with Crippen LogP contribution in [0.2, 0.25) is 0 Å². The number of ether oxygens (including phenoxy) is 2. The number of nitrogens with one attached hydrogen (secondary N) is 1. The minimum absolute atomic E-state index is 0.255. The third-order valence-corrected chi connectivity index (χ3v) is 3.53. The van der Waals surface area contributed by atoms with Gasteiger partial charge in [0.2, 0.25) is 0 Å². The molecule has 0 radical (unpaired) electrons. The molecule has 0 saturated carbocycles. The van der Waals surface area contributed by atoms with Crippen LogP contribution in [0.15, 0.2) is 48.5 Å². The fraction of sp³-hybridized carbons (Fsp3) is 0.300. The van der Waals surface area contributed by atoms with Gasteiger partial charge in [-0.15, -0.1) is 0 Å². The molecule has 0 aromatic heterocycles. The molecule has 0 fully saturated rings. The van der Waals surface area contributed by atoms with Crippen LogP contribution >= 0.6 is 0 Å². The van der Waals surface area contributed by atoms with Crippen molar-refractivity contribution < 1.29 is 19.1 Å². The Morgan fingerprint density at radius 2 is 1.81 bits per heavy atom. The van der Waals surface area contributed by atoms with E-state index < -0.39 is 12.2 Å². The number of rotatable bonds is 5. The molecular formula is C20H24N2O4. The summed E-state index contributed by atoms with van der Waals surface area (Å²) in [7, 11) is 1.64. The van der Waals surface area contributed by atoms with Crippen LogP contribution in [0.25, 0.3) is 0 Å². The van der Waals surface area contributed by atoms with E-state index in [1.807, 2.05) is 45.0 Å². The lowest BCUT2D eigenvalue weighted by molar-refractivity contribution is 0.147. The van der Waals surface area contributed by atoms with Crippen molar-refractivity contribution in [1.82, 2.24) is 0 Å². The molecule has 0 aliphatic rings. The van der Waals surface area contributed by atoms with Gasteiger partial charge < -0.3 is 9.47 Å². The van der Waals surface area contributed by atoms with Gasteiger partial charge in [-0.2, -0.15) is 0 Å². The molecule has 26 heavy (non-hydrogen) atoms. The average Bonchev–Trinajstić information content (AvgIpc) is 2.60. The number of carbonyl (C=O) groups is 2. The third kappa shape index (κ3) is 5.81. The molecule has 0 saturated heterocycles. The number of aryl methyl sites for hydroxylation is 1. The SMILES string of the molecule is Cc1ccc(N(C)C(=O)Oc2cccc(NC(=O)OCC(C)C)c2)cc1. The number of hydrogen-bond donors (Lipinski definition) is 1. The summed E-state index contributed by atoms with van der Waals surface area (Å²) in [5, 5.41) is 2.61. The van der Waals surface area contributed by atoms with E-state index >= 15 is 0 Å². The number of benzene rings is 2. The number of hydrogen-bond acceptors (Lipinski definition) is 4. The number of anilines is 2. The van der Waals surface area contributed by atoms with E-state index in [9.17, 15) is 9.59 Å². The Morgan fingerprint density at radius 1 is 1.12 bits per heavy atom. The zero-order valence-electron chi connectivity index (χ0n) is 15.5. The quantitative estimate of drug-likeness (QED) is 0.833. The Labute approximate surface area is 153 Å². The maximum atomic E-state index is 12.3. The number of nitrogens with zero attached hydrogens (tertiary/aromatic N) is 1. The fourth-order valence-corrected chi connectivity index (χ4v) is 2.08. The molecule has 1 N–H and O–H groups in total. The van der Waals surface area contributed by atoms with Crippen LogP contribution in [0.1, 0.15) is 19.4 Å². The molecule has 0 aliphatic carbocycles. The van der Waals surface area contributed by atoms with Gasteiger partial charge in [-0.1, -0.05) is 37.6 Å². The van der Waals surface area contributed by atoms with E-state index in [4.69, 9.17) is 9.47 Å². The molecule has 0 atom stereocenters. The van der Waals surface area contributed by atoms with Crippen molar-refractivity contribution in [3.63, 3.8) is 0 Å². The van der Waals surface area contributed by atoms with Crippen LogP contribution in [0.3, 0.4) is 0 Å². The molecule has 0 aliphatic heterocycles. The van der Waals surface area contributed by atoms with Gasteiger partial charge in [0, 0.05) is 24.5 Å². The first-order valence-corrected chi connectivity index (χ1v) is 8.41. The minimum atomic E-state index is -0.543. The molecule has 0 unspecified atom stereocenters. The predicted molar refractivity (Wildman–Crippen MR) is 102 cm³/mol. The average molecular weight is 356 g/mol. The second-order valence-electron chi connectivity index (χ2n) is 6.41. The van der Waals surface area contributed by atoms with Crippen LogP contribution in [0.4, 0.5) is 21.0 Å². The van der Waals surface area contributed by atoms with Gasteiger partial charge >= 0.3 is 12.2 Å². The van der Waals surface area contributed by atoms with E-state index in [2.05, 4.69) is 5.32 Å². The number of carbonyl (C=O) groups excluding carboxylic acids is 2. The summed E-state index contributed by atoms with van der Waals surface area (Å²) in [4.78, 5) is 25.4. The Balaban J connectivity index is 1.97. The first-order valence-electron chi connectivity index (χ1n) is 8.41. The van der Waals surface area contributed by atoms with Gasteiger partial charge in [-0.3, -0.25) is 10.2 Å². The van der Waals surface area contributed by atoms with Crippen LogP contribution in [-0.2, 0) is 4.74 Å². The molecule has 6 heteroatoms. The lowest BCUT2D eigenvalue weighted by Gasteiger charge is -2.17. The van der Waals surface area contributed by atoms with E-state index in [-0.39, 0.29) is 5.92 Å². The minimum Gasteiger partial charge on any atom is -0.449 e. The van der Waals surface area contributed by atoms with Gasteiger partial charge in [0.1, 0.15) is 5.75 Å². The highest BCUT2D eigenvalue weighted by atomic mass is 16.6. The van der Waals surface area contributed by atoms with Crippen molar-refractivity contribution in [2.45, 2.75) is 20.8 Å². The maximum Gasteiger partial charge on any atom is 0.419 e. The highest BCUT2D eigenvalue weighted by molar-refractivity contribution is 5.89. The summed E-state index contributed by atoms with van der Waals surface area (Å²) >= 11 is 0. The molecule has 6 nitrogen and oxygen atoms in total. The third-order valence-electron chi connectivity index (χ3n) is 3.53. The van der Waals surface area contributed by atoms with Crippen molar-refractivity contribution in [2.75, 3.05) is 23.9 Å². The van der Waals surface area contributed by atoms with Gasteiger partial charge in [0.15, 0.2) is 0 Å². The molecular weight excluding hydrogens is 332 g/mol. The second-order valence-corrected chi connectivity index (χ2v) is 6.41. The molecule has 2 aromatic rings. The zero-order valence-corrected chi connectivity index (χ0v) is 15.5. The standard InChI is InChI=1S/C20H24N2O4/c1-14(2)13-25-19(23)21-16-6-5-7-18(12-16)26-20(24)22(4)17-10-8-15(3)9-11-17/h5-12,14H,13H2,1-4H3,(H,21,23). The summed E-state index contributed by atoms with van der Waals surface area (Å²) in [5.74, 6) is 0.584. The lowest BCUT2D eigenvalue weighted by atomic mass is 10.2. The van der Waals surface area contributed by atoms with Gasteiger partial charge in [-0.05, 0) is 37.1 Å². The lowest BCUT2D eigenvalue weighted by Crippen LogP contribution is -2.29. The summed E-state index contributed by atoms with van der Waals surface area (Å²) in [6.45, 7) is 6.23. The molecule has 0 bridgehead atoms. The van der Waals surface area contributed by atoms with Crippen molar-refractivity contribution in [1.29, 1.82) is 0 Å². The highest BCUT2D eigenvalue weighted by Gasteiger charge is 2.14. The molecule has 0 spiro atoms. The van der Waals surface area contributed by atoms with Gasteiger partial charge in [0.25, 0.3) is 0 Å². The van der Waals surface area contributed by atoms with Crippen molar-refractivity contribution in [3.05, 3.63) is 54.1 Å². The van der Waals surface area contributed by atoms with Crippen molar-refractivity contribution in [3.8, 4) is 5.75 Å². The Morgan fingerprint density at radius 3 is 2.46 bits per heavy atom. The van der Waals surface area contributed by atoms with Crippen molar-refractivity contribution in [2.24, 2.45) is 5.92 Å². The maximum absolute atomic E-state index is 12.3. The van der Waals surface area contributed by atoms with Crippen molar-refractivity contribution >= 4 is 23.6 Å². The largest absolute Gasteiger partial charge is 0.449 e. The van der Waals surface area contributed by atoms with E-state index in [0.717, 1.165) is 11.3 Å². The summed E-state index contributed by atoms with van der Waals surface area (Å²) in [6, 6.07) is 14.1. The van der Waals surface area contributed by atoms with Crippen LogP contribution < -0.4 is 15.0 Å². The zero-order chi connectivity index (χ0) is 19.1. The summed E-state index contributed by atoms with van der Waals surface area (Å²) < 4.78 is 10.4. The Bertz CT molecular complexity index is 757. The highest BCUT2D eigenvalue weighted by Crippen LogP contribution is 2.20. The first-order chi connectivity index (χ1) is 12.3. The molecule has 2 amide bonds. The normalized spacial score (nSPS) is 10.3. The molecule has 138 valence electrons. The molecule has 2 aromatic carbocycles. The summed E-state index contributed by atoms with van der Waals surface area (Å²) in [6.07, 6.45) is -1.06. The summed E-state index contributed by atoms with van der Waals surface area (Å²) in [5.41, 5.74) is 2.33. The van der Waals surface area contributed by atoms with Gasteiger partial charge in [0.05, 0.1) is 6.61 Å². The monoisotopic (exact) mass is 356 g/mol. The Hall–Kier alpha value is -3.02. The van der Waals surface area contributed by atoms with Crippen LogP contribution in [-0.4, -0.2) is 25.8 Å². The number of amides is 2. The first kappa shape index (κ1) is 19.3. The topological polar surface area (TPSA) is 67.9 Å². The van der Waals surface area contributed by atoms with Crippen LogP contribution in [0, 0.1) is 12.8 Å². The fourth-order valence-electron chi connectivity index (χ4n) is 2.08. The second kappa shape index (κ2) is 8.89. The molecule has 2 rings (SSSR count). The van der Waals surface area contributed by atoms with Crippen LogP contribution in [0.5, 0.6) is 5.75 Å². The molecule has 0 heterocycles. The van der Waals surface area contributed by atoms with E-state index in [0.29, 0.717) is 18.0 Å². The van der Waals surface area contributed by atoms with Gasteiger partial charge in [-0.25, -0.2) is 9.59 Å². The van der Waals surface area contributed by atoms with E-state index in [1.54, 1.807) is 31.3 Å². The predicted octanol–water partition coefficient (Wildman–Crippen LogP) is 4.83. The van der Waals surface area contributed by atoms with E-state index in [1.165, 1.54) is 4.90 Å². The smallest absolute Gasteiger partial charge is 0.419 e. The Kier molecular flexibility index (Phi) is 6.60.